The van der Waals surface area contributed by atoms with Gasteiger partial charge in [-0.15, -0.1) is 0 Å². The van der Waals surface area contributed by atoms with Gasteiger partial charge in [0.25, 0.3) is 0 Å². The number of rotatable bonds is 6. The molecular formula is C16H17NO3. The van der Waals surface area contributed by atoms with Gasteiger partial charge in [0, 0.05) is 19.3 Å². The van der Waals surface area contributed by atoms with E-state index in [2.05, 4.69) is 5.32 Å². The maximum absolute atomic E-state index is 11.1. The number of hydrogen-bond acceptors (Lipinski definition) is 3. The first kappa shape index (κ1) is 14.1. The molecule has 0 fully saturated rings. The van der Waals surface area contributed by atoms with Crippen LogP contribution >= 0.6 is 0 Å². The largest absolute Gasteiger partial charge is 0.478 e. The zero-order valence-electron chi connectivity index (χ0n) is 11.3. The van der Waals surface area contributed by atoms with Crippen molar-refractivity contribution in [3.63, 3.8) is 0 Å². The second-order valence-corrected chi connectivity index (χ2v) is 4.45. The van der Waals surface area contributed by atoms with Gasteiger partial charge >= 0.3 is 5.97 Å². The molecule has 0 unspecified atom stereocenters. The lowest BCUT2D eigenvalue weighted by Gasteiger charge is -2.10. The lowest BCUT2D eigenvalue weighted by molar-refractivity contribution is 0.0696. The van der Waals surface area contributed by atoms with E-state index in [1.807, 2.05) is 36.4 Å². The van der Waals surface area contributed by atoms with E-state index in [0.717, 1.165) is 16.8 Å². The minimum atomic E-state index is -0.907. The Morgan fingerprint density at radius 2 is 2.00 bits per heavy atom. The molecule has 4 heteroatoms. The quantitative estimate of drug-likeness (QED) is 0.847. The minimum absolute atomic E-state index is 0.327. The summed E-state index contributed by atoms with van der Waals surface area (Å²) < 4.78 is 5.09. The van der Waals surface area contributed by atoms with Crippen molar-refractivity contribution in [3.05, 3.63) is 65.2 Å². The molecule has 20 heavy (non-hydrogen) atoms. The number of hydrogen-bond donors (Lipinski definition) is 2. The Kier molecular flexibility index (Phi) is 4.74. The summed E-state index contributed by atoms with van der Waals surface area (Å²) in [6, 6.07) is 14.9. The van der Waals surface area contributed by atoms with E-state index in [4.69, 9.17) is 9.84 Å². The topological polar surface area (TPSA) is 58.6 Å². The van der Waals surface area contributed by atoms with Crippen molar-refractivity contribution in [2.45, 2.75) is 13.2 Å². The van der Waals surface area contributed by atoms with Gasteiger partial charge in [-0.25, -0.2) is 4.79 Å². The van der Waals surface area contributed by atoms with Crippen LogP contribution in [0.25, 0.3) is 0 Å². The van der Waals surface area contributed by atoms with Crippen molar-refractivity contribution in [3.8, 4) is 0 Å². The summed E-state index contributed by atoms with van der Waals surface area (Å²) in [6.07, 6.45) is 0. The molecule has 0 aliphatic heterocycles. The van der Waals surface area contributed by atoms with Gasteiger partial charge in [0.1, 0.15) is 0 Å². The van der Waals surface area contributed by atoms with Gasteiger partial charge in [-0.05, 0) is 29.3 Å². The van der Waals surface area contributed by atoms with Crippen molar-refractivity contribution in [1.29, 1.82) is 0 Å². The monoisotopic (exact) mass is 271 g/mol. The Bertz CT molecular complexity index is 596. The molecule has 0 saturated carbocycles. The Morgan fingerprint density at radius 1 is 1.20 bits per heavy atom. The van der Waals surface area contributed by atoms with Crippen LogP contribution in [0.3, 0.4) is 0 Å². The SMILES string of the molecule is COCc1cccc(NCc2ccccc2C(=O)O)c1. The third kappa shape index (κ3) is 3.59. The molecule has 0 heterocycles. The molecule has 0 radical (unpaired) electrons. The highest BCUT2D eigenvalue weighted by atomic mass is 16.5. The average Bonchev–Trinajstić information content (AvgIpc) is 2.46. The van der Waals surface area contributed by atoms with Gasteiger partial charge in [0.05, 0.1) is 12.2 Å². The first-order chi connectivity index (χ1) is 9.70. The molecule has 0 spiro atoms. The predicted molar refractivity (Wildman–Crippen MR) is 77.9 cm³/mol. The summed E-state index contributed by atoms with van der Waals surface area (Å²) in [5.74, 6) is -0.907. The number of benzene rings is 2. The van der Waals surface area contributed by atoms with Gasteiger partial charge in [-0.2, -0.15) is 0 Å². The summed E-state index contributed by atoms with van der Waals surface area (Å²) in [5.41, 5.74) is 3.11. The van der Waals surface area contributed by atoms with Crippen molar-refractivity contribution in [2.24, 2.45) is 0 Å². The maximum atomic E-state index is 11.1. The fourth-order valence-electron chi connectivity index (χ4n) is 2.02. The van der Waals surface area contributed by atoms with Gasteiger partial charge in [-0.1, -0.05) is 30.3 Å². The number of ether oxygens (including phenoxy) is 1. The molecule has 0 aliphatic carbocycles. The van der Waals surface area contributed by atoms with E-state index in [9.17, 15) is 4.79 Å². The van der Waals surface area contributed by atoms with E-state index in [-0.39, 0.29) is 0 Å². The van der Waals surface area contributed by atoms with E-state index in [0.29, 0.717) is 18.7 Å². The fraction of sp³-hybridized carbons (Fsp3) is 0.188. The van der Waals surface area contributed by atoms with Gasteiger partial charge in [0.2, 0.25) is 0 Å². The smallest absolute Gasteiger partial charge is 0.336 e. The highest BCUT2D eigenvalue weighted by Gasteiger charge is 2.08. The van der Waals surface area contributed by atoms with Crippen LogP contribution in [-0.2, 0) is 17.9 Å². The highest BCUT2D eigenvalue weighted by molar-refractivity contribution is 5.89. The summed E-state index contributed by atoms with van der Waals surface area (Å²) in [6.45, 7) is 1.03. The van der Waals surface area contributed by atoms with Gasteiger partial charge in [-0.3, -0.25) is 0 Å². The number of carboxylic acids is 1. The van der Waals surface area contributed by atoms with Crippen molar-refractivity contribution in [1.82, 2.24) is 0 Å². The molecule has 0 aromatic heterocycles. The Balaban J connectivity index is 2.09. The molecule has 2 N–H and O–H groups in total. The van der Waals surface area contributed by atoms with E-state index >= 15 is 0 Å². The molecule has 0 bridgehead atoms. The average molecular weight is 271 g/mol. The molecule has 4 nitrogen and oxygen atoms in total. The summed E-state index contributed by atoms with van der Waals surface area (Å²) in [5, 5.41) is 12.4. The Morgan fingerprint density at radius 3 is 2.75 bits per heavy atom. The summed E-state index contributed by atoms with van der Waals surface area (Å²) >= 11 is 0. The molecular weight excluding hydrogens is 254 g/mol. The van der Waals surface area contributed by atoms with Crippen molar-refractivity contribution < 1.29 is 14.6 Å². The molecule has 104 valence electrons. The van der Waals surface area contributed by atoms with E-state index < -0.39 is 5.97 Å². The fourth-order valence-corrected chi connectivity index (χ4v) is 2.02. The number of nitrogens with one attached hydrogen (secondary N) is 1. The van der Waals surface area contributed by atoms with Crippen LogP contribution in [0.5, 0.6) is 0 Å². The van der Waals surface area contributed by atoms with Crippen LogP contribution in [-0.4, -0.2) is 18.2 Å². The van der Waals surface area contributed by atoms with Crippen LogP contribution in [0.4, 0.5) is 5.69 Å². The molecule has 0 amide bonds. The Labute approximate surface area is 118 Å². The maximum Gasteiger partial charge on any atom is 0.336 e. The lowest BCUT2D eigenvalue weighted by Crippen LogP contribution is -2.07. The van der Waals surface area contributed by atoms with E-state index in [1.165, 1.54) is 0 Å². The normalized spacial score (nSPS) is 10.2. The molecule has 2 aromatic rings. The number of anilines is 1. The summed E-state index contributed by atoms with van der Waals surface area (Å²) in [7, 11) is 1.66. The number of methoxy groups -OCH3 is 1. The van der Waals surface area contributed by atoms with Crippen LogP contribution in [0.1, 0.15) is 21.5 Å². The van der Waals surface area contributed by atoms with Crippen LogP contribution in [0.15, 0.2) is 48.5 Å². The predicted octanol–water partition coefficient (Wildman–Crippen LogP) is 3.14. The number of aromatic carboxylic acids is 1. The van der Waals surface area contributed by atoms with Crippen molar-refractivity contribution >= 4 is 11.7 Å². The molecule has 0 saturated heterocycles. The lowest BCUT2D eigenvalue weighted by atomic mass is 10.1. The van der Waals surface area contributed by atoms with Crippen LogP contribution in [0, 0.1) is 0 Å². The van der Waals surface area contributed by atoms with Crippen LogP contribution < -0.4 is 5.32 Å². The number of carbonyl (C=O) groups is 1. The van der Waals surface area contributed by atoms with Gasteiger partial charge in [0.15, 0.2) is 0 Å². The first-order valence-electron chi connectivity index (χ1n) is 6.33. The van der Waals surface area contributed by atoms with E-state index in [1.54, 1.807) is 19.2 Å². The van der Waals surface area contributed by atoms with Gasteiger partial charge < -0.3 is 15.2 Å². The molecule has 2 rings (SSSR count). The minimum Gasteiger partial charge on any atom is -0.478 e. The second-order valence-electron chi connectivity index (χ2n) is 4.45. The second kappa shape index (κ2) is 6.73. The zero-order valence-corrected chi connectivity index (χ0v) is 11.3. The van der Waals surface area contributed by atoms with Crippen LogP contribution in [0.2, 0.25) is 0 Å². The third-order valence-electron chi connectivity index (χ3n) is 2.97. The van der Waals surface area contributed by atoms with Crippen molar-refractivity contribution in [2.75, 3.05) is 12.4 Å². The summed E-state index contributed by atoms with van der Waals surface area (Å²) in [4.78, 5) is 11.1. The first-order valence-corrected chi connectivity index (χ1v) is 6.33. The third-order valence-corrected chi connectivity index (χ3v) is 2.97. The molecule has 2 aromatic carbocycles. The standard InChI is InChI=1S/C16H17NO3/c1-20-11-12-5-4-7-14(9-12)17-10-13-6-2-3-8-15(13)16(18)19/h2-9,17H,10-11H2,1H3,(H,18,19). The molecule has 0 atom stereocenters. The Hall–Kier alpha value is -2.33. The number of carboxylic acid groups (broad SMARTS) is 1. The highest BCUT2D eigenvalue weighted by Crippen LogP contribution is 2.15. The zero-order chi connectivity index (χ0) is 14.4. The molecule has 0 aliphatic rings.